The van der Waals surface area contributed by atoms with Crippen LogP contribution >= 0.6 is 0 Å². The van der Waals surface area contributed by atoms with Crippen LogP contribution in [0.3, 0.4) is 0 Å². The fourth-order valence-corrected chi connectivity index (χ4v) is 4.49. The quantitative estimate of drug-likeness (QED) is 0.790. The summed E-state index contributed by atoms with van der Waals surface area (Å²) in [5, 5.41) is 0. The standard InChI is InChI=1S/C22H24N2O3S/c1-4-12-23-28(26,27)20-8-5-7-19(15-20)22(25)24-13-6-9-21(24)18-11-10-16(2)17(3)14-18/h1,5,7-8,10-11,14-15,21,23H,6,9,12-13H2,2-3H3. The van der Waals surface area contributed by atoms with Gasteiger partial charge in [-0.25, -0.2) is 8.42 Å². The molecule has 1 atom stereocenters. The number of sulfonamides is 1. The third-order valence-electron chi connectivity index (χ3n) is 5.18. The first kappa shape index (κ1) is 20.1. The van der Waals surface area contributed by atoms with E-state index in [-0.39, 0.29) is 23.4 Å². The molecule has 0 aliphatic carbocycles. The molecule has 0 spiro atoms. The van der Waals surface area contributed by atoms with Gasteiger partial charge in [0.1, 0.15) is 0 Å². The van der Waals surface area contributed by atoms with Crippen LogP contribution in [0.1, 0.15) is 45.9 Å². The molecule has 28 heavy (non-hydrogen) atoms. The topological polar surface area (TPSA) is 66.5 Å². The third-order valence-corrected chi connectivity index (χ3v) is 6.58. The Balaban J connectivity index is 1.88. The SMILES string of the molecule is C#CCNS(=O)(=O)c1cccc(C(=O)N2CCCC2c2ccc(C)c(C)c2)c1. The minimum absolute atomic E-state index is 0.00614. The zero-order chi connectivity index (χ0) is 20.3. The van der Waals surface area contributed by atoms with Crippen molar-refractivity contribution in [3.63, 3.8) is 0 Å². The molecule has 3 rings (SSSR count). The Bertz CT molecular complexity index is 1040. The number of hydrogen-bond donors (Lipinski definition) is 1. The molecule has 0 aromatic heterocycles. The molecule has 1 unspecified atom stereocenters. The lowest BCUT2D eigenvalue weighted by Gasteiger charge is -2.26. The second kappa shape index (κ2) is 8.17. The highest BCUT2D eigenvalue weighted by atomic mass is 32.2. The van der Waals surface area contributed by atoms with E-state index in [9.17, 15) is 13.2 Å². The lowest BCUT2D eigenvalue weighted by molar-refractivity contribution is 0.0735. The summed E-state index contributed by atoms with van der Waals surface area (Å²) in [5.41, 5.74) is 3.90. The number of likely N-dealkylation sites (tertiary alicyclic amines) is 1. The summed E-state index contributed by atoms with van der Waals surface area (Å²) in [6, 6.07) is 12.4. The number of benzene rings is 2. The number of rotatable bonds is 5. The molecule has 1 aliphatic heterocycles. The summed E-state index contributed by atoms with van der Waals surface area (Å²) in [7, 11) is -3.74. The third kappa shape index (κ3) is 4.11. The Hall–Kier alpha value is -2.62. The molecule has 1 N–H and O–H groups in total. The lowest BCUT2D eigenvalue weighted by Crippen LogP contribution is -2.31. The largest absolute Gasteiger partial charge is 0.332 e. The van der Waals surface area contributed by atoms with Crippen molar-refractivity contribution >= 4 is 15.9 Å². The highest BCUT2D eigenvalue weighted by Crippen LogP contribution is 2.34. The van der Waals surface area contributed by atoms with Crippen LogP contribution in [0.15, 0.2) is 47.4 Å². The van der Waals surface area contributed by atoms with Gasteiger partial charge in [-0.1, -0.05) is 30.2 Å². The van der Waals surface area contributed by atoms with E-state index in [1.54, 1.807) is 12.1 Å². The predicted octanol–water partition coefficient (Wildman–Crippen LogP) is 3.19. The number of aryl methyl sites for hydroxylation is 2. The predicted molar refractivity (Wildman–Crippen MR) is 109 cm³/mol. The van der Waals surface area contributed by atoms with Crippen LogP contribution in [0.4, 0.5) is 0 Å². The zero-order valence-corrected chi connectivity index (χ0v) is 16.9. The van der Waals surface area contributed by atoms with Crippen molar-refractivity contribution in [3.8, 4) is 12.3 Å². The Morgan fingerprint density at radius 2 is 2.00 bits per heavy atom. The average molecular weight is 397 g/mol. The molecule has 0 saturated carbocycles. The van der Waals surface area contributed by atoms with Crippen molar-refractivity contribution in [2.75, 3.05) is 13.1 Å². The minimum atomic E-state index is -3.74. The van der Waals surface area contributed by atoms with Crippen LogP contribution < -0.4 is 4.72 Å². The van der Waals surface area contributed by atoms with Gasteiger partial charge in [-0.15, -0.1) is 6.42 Å². The first-order valence-corrected chi connectivity index (χ1v) is 10.7. The lowest BCUT2D eigenvalue weighted by atomic mass is 9.99. The molecule has 1 aliphatic rings. The van der Waals surface area contributed by atoms with E-state index >= 15 is 0 Å². The van der Waals surface area contributed by atoms with E-state index in [1.807, 2.05) is 4.90 Å². The number of carbonyl (C=O) groups is 1. The molecule has 0 radical (unpaired) electrons. The van der Waals surface area contributed by atoms with Crippen LogP contribution in [0.25, 0.3) is 0 Å². The summed E-state index contributed by atoms with van der Waals surface area (Å²) in [6.45, 7) is 4.69. The van der Waals surface area contributed by atoms with Crippen LogP contribution in [-0.4, -0.2) is 32.3 Å². The van der Waals surface area contributed by atoms with Gasteiger partial charge in [0.15, 0.2) is 0 Å². The number of carbonyl (C=O) groups excluding carboxylic acids is 1. The first-order chi connectivity index (χ1) is 13.3. The van der Waals surface area contributed by atoms with E-state index in [0.717, 1.165) is 18.4 Å². The fourth-order valence-electron chi connectivity index (χ4n) is 3.51. The molecule has 2 aromatic carbocycles. The molecule has 2 aromatic rings. The molecule has 1 saturated heterocycles. The molecule has 1 amide bonds. The average Bonchev–Trinajstić information content (AvgIpc) is 3.18. The first-order valence-electron chi connectivity index (χ1n) is 9.25. The van der Waals surface area contributed by atoms with E-state index in [4.69, 9.17) is 6.42 Å². The van der Waals surface area contributed by atoms with Crippen molar-refractivity contribution < 1.29 is 13.2 Å². The molecule has 1 heterocycles. The maximum Gasteiger partial charge on any atom is 0.254 e. The van der Waals surface area contributed by atoms with Gasteiger partial charge in [0, 0.05) is 12.1 Å². The summed E-state index contributed by atoms with van der Waals surface area (Å²) in [6.07, 6.45) is 6.95. The monoisotopic (exact) mass is 396 g/mol. The van der Waals surface area contributed by atoms with Crippen molar-refractivity contribution in [3.05, 3.63) is 64.7 Å². The minimum Gasteiger partial charge on any atom is -0.332 e. The van der Waals surface area contributed by atoms with Crippen LogP contribution in [0.5, 0.6) is 0 Å². The molecule has 5 nitrogen and oxygen atoms in total. The van der Waals surface area contributed by atoms with Gasteiger partial charge in [0.25, 0.3) is 5.91 Å². The fraction of sp³-hybridized carbons (Fsp3) is 0.318. The van der Waals surface area contributed by atoms with Crippen LogP contribution in [-0.2, 0) is 10.0 Å². The highest BCUT2D eigenvalue weighted by molar-refractivity contribution is 7.89. The summed E-state index contributed by atoms with van der Waals surface area (Å²) in [5.74, 6) is 2.09. The van der Waals surface area contributed by atoms with E-state index < -0.39 is 10.0 Å². The Labute approximate surface area is 166 Å². The van der Waals surface area contributed by atoms with Gasteiger partial charge in [-0.05, 0) is 61.6 Å². The van der Waals surface area contributed by atoms with Gasteiger partial charge in [0.2, 0.25) is 10.0 Å². The second-order valence-corrected chi connectivity index (χ2v) is 8.82. The van der Waals surface area contributed by atoms with Gasteiger partial charge in [-0.3, -0.25) is 4.79 Å². The van der Waals surface area contributed by atoms with Crippen molar-refractivity contribution in [2.45, 2.75) is 37.6 Å². The molecular weight excluding hydrogens is 372 g/mol. The Morgan fingerprint density at radius 3 is 2.71 bits per heavy atom. The molecule has 1 fully saturated rings. The maximum atomic E-state index is 13.2. The summed E-state index contributed by atoms with van der Waals surface area (Å²) in [4.78, 5) is 15.0. The Kier molecular flexibility index (Phi) is 5.87. The summed E-state index contributed by atoms with van der Waals surface area (Å²) < 4.78 is 26.9. The summed E-state index contributed by atoms with van der Waals surface area (Å²) >= 11 is 0. The smallest absolute Gasteiger partial charge is 0.254 e. The molecule has 0 bridgehead atoms. The maximum absolute atomic E-state index is 13.2. The van der Waals surface area contributed by atoms with Crippen LogP contribution in [0.2, 0.25) is 0 Å². The normalized spacial score (nSPS) is 16.8. The Morgan fingerprint density at radius 1 is 1.21 bits per heavy atom. The molecule has 6 heteroatoms. The second-order valence-electron chi connectivity index (χ2n) is 7.06. The number of nitrogens with zero attached hydrogens (tertiary/aromatic N) is 1. The van der Waals surface area contributed by atoms with Crippen molar-refractivity contribution in [1.29, 1.82) is 0 Å². The van der Waals surface area contributed by atoms with E-state index in [2.05, 4.69) is 42.7 Å². The number of terminal acetylenes is 1. The van der Waals surface area contributed by atoms with Gasteiger partial charge in [0.05, 0.1) is 17.5 Å². The number of nitrogens with one attached hydrogen (secondary N) is 1. The molecular formula is C22H24N2O3S. The van der Waals surface area contributed by atoms with Crippen molar-refractivity contribution in [2.24, 2.45) is 0 Å². The number of amides is 1. The van der Waals surface area contributed by atoms with Gasteiger partial charge >= 0.3 is 0 Å². The zero-order valence-electron chi connectivity index (χ0n) is 16.1. The number of hydrogen-bond acceptors (Lipinski definition) is 3. The van der Waals surface area contributed by atoms with Crippen LogP contribution in [0, 0.1) is 26.2 Å². The van der Waals surface area contributed by atoms with Gasteiger partial charge in [-0.2, -0.15) is 4.72 Å². The van der Waals surface area contributed by atoms with E-state index in [0.29, 0.717) is 12.1 Å². The highest BCUT2D eigenvalue weighted by Gasteiger charge is 2.31. The molecule has 146 valence electrons. The van der Waals surface area contributed by atoms with Crippen molar-refractivity contribution in [1.82, 2.24) is 9.62 Å². The van der Waals surface area contributed by atoms with E-state index in [1.165, 1.54) is 23.3 Å². The van der Waals surface area contributed by atoms with Gasteiger partial charge < -0.3 is 4.90 Å².